The Bertz CT molecular complexity index is 1030. The molecule has 6 heteroatoms. The first-order chi connectivity index (χ1) is 14.0. The second-order valence-corrected chi connectivity index (χ2v) is 6.34. The summed E-state index contributed by atoms with van der Waals surface area (Å²) in [7, 11) is 0. The molecule has 5 nitrogen and oxygen atoms in total. The van der Waals surface area contributed by atoms with E-state index in [2.05, 4.69) is 10.6 Å². The Morgan fingerprint density at radius 2 is 1.69 bits per heavy atom. The number of amides is 2. The molecule has 0 aliphatic rings. The van der Waals surface area contributed by atoms with E-state index in [1.54, 1.807) is 30.3 Å². The molecule has 0 radical (unpaired) electrons. The number of halogens is 1. The number of rotatable bonds is 6. The van der Waals surface area contributed by atoms with Crippen LogP contribution in [0, 0.1) is 5.82 Å². The van der Waals surface area contributed by atoms with Crippen LogP contribution in [-0.4, -0.2) is 11.8 Å². The topological polar surface area (TPSA) is 84.2 Å². The van der Waals surface area contributed by atoms with Crippen molar-refractivity contribution in [1.29, 1.82) is 0 Å². The van der Waals surface area contributed by atoms with E-state index in [4.69, 9.17) is 5.73 Å². The zero-order chi connectivity index (χ0) is 20.6. The van der Waals surface area contributed by atoms with E-state index in [9.17, 15) is 14.0 Å². The third-order valence-electron chi connectivity index (χ3n) is 4.17. The first kappa shape index (κ1) is 19.8. The van der Waals surface area contributed by atoms with Gasteiger partial charge in [0.1, 0.15) is 5.82 Å². The smallest absolute Gasteiger partial charge is 0.255 e. The maximum atomic E-state index is 13.1. The van der Waals surface area contributed by atoms with Gasteiger partial charge in [-0.15, -0.1) is 0 Å². The van der Waals surface area contributed by atoms with E-state index in [-0.39, 0.29) is 17.5 Å². The van der Waals surface area contributed by atoms with Gasteiger partial charge in [-0.25, -0.2) is 4.39 Å². The second-order valence-electron chi connectivity index (χ2n) is 6.34. The standard InChI is InChI=1S/C23H20FN3O2/c24-19-11-12-21(20(25)14-19)27-23(29)18-9-6-17(7-10-18)15-26-22(28)13-8-16-4-2-1-3-5-16/h1-14H,15,25H2,(H,26,28)(H,27,29). The molecule has 29 heavy (non-hydrogen) atoms. The molecule has 0 bridgehead atoms. The highest BCUT2D eigenvalue weighted by atomic mass is 19.1. The fourth-order valence-corrected chi connectivity index (χ4v) is 2.60. The molecular formula is C23H20FN3O2. The highest BCUT2D eigenvalue weighted by Gasteiger charge is 2.09. The van der Waals surface area contributed by atoms with Crippen molar-refractivity contribution in [2.24, 2.45) is 0 Å². The number of carbonyl (C=O) groups is 2. The van der Waals surface area contributed by atoms with Gasteiger partial charge < -0.3 is 16.4 Å². The molecule has 4 N–H and O–H groups in total. The number of anilines is 2. The quantitative estimate of drug-likeness (QED) is 0.440. The van der Waals surface area contributed by atoms with Crippen LogP contribution in [-0.2, 0) is 11.3 Å². The zero-order valence-electron chi connectivity index (χ0n) is 15.6. The van der Waals surface area contributed by atoms with Gasteiger partial charge in [0.2, 0.25) is 5.91 Å². The Morgan fingerprint density at radius 1 is 0.966 bits per heavy atom. The number of hydrogen-bond acceptors (Lipinski definition) is 3. The molecule has 0 unspecified atom stereocenters. The van der Waals surface area contributed by atoms with Crippen LogP contribution in [0.3, 0.4) is 0 Å². The Hall–Kier alpha value is -3.93. The molecule has 146 valence electrons. The van der Waals surface area contributed by atoms with Gasteiger partial charge in [0.25, 0.3) is 5.91 Å². The SMILES string of the molecule is Nc1cc(F)ccc1NC(=O)c1ccc(CNC(=O)C=Cc2ccccc2)cc1. The number of carbonyl (C=O) groups excluding carboxylic acids is 2. The highest BCUT2D eigenvalue weighted by molar-refractivity contribution is 6.05. The van der Waals surface area contributed by atoms with Crippen LogP contribution in [0.4, 0.5) is 15.8 Å². The molecule has 0 saturated carbocycles. The molecule has 0 aliphatic heterocycles. The first-order valence-corrected chi connectivity index (χ1v) is 8.97. The van der Waals surface area contributed by atoms with Gasteiger partial charge in [0.05, 0.1) is 11.4 Å². The minimum atomic E-state index is -0.467. The maximum absolute atomic E-state index is 13.1. The minimum Gasteiger partial charge on any atom is -0.397 e. The van der Waals surface area contributed by atoms with Crippen LogP contribution in [0.25, 0.3) is 6.08 Å². The van der Waals surface area contributed by atoms with Crippen LogP contribution in [0.1, 0.15) is 21.5 Å². The van der Waals surface area contributed by atoms with Gasteiger partial charge in [-0.3, -0.25) is 9.59 Å². The van der Waals surface area contributed by atoms with E-state index in [0.717, 1.165) is 17.2 Å². The molecule has 0 aromatic heterocycles. The lowest BCUT2D eigenvalue weighted by Crippen LogP contribution is -2.20. The van der Waals surface area contributed by atoms with Crippen molar-refractivity contribution in [2.75, 3.05) is 11.1 Å². The lowest BCUT2D eigenvalue weighted by atomic mass is 10.1. The van der Waals surface area contributed by atoms with E-state index < -0.39 is 5.82 Å². The summed E-state index contributed by atoms with van der Waals surface area (Å²) >= 11 is 0. The van der Waals surface area contributed by atoms with E-state index >= 15 is 0 Å². The number of nitrogen functional groups attached to an aromatic ring is 1. The highest BCUT2D eigenvalue weighted by Crippen LogP contribution is 2.20. The monoisotopic (exact) mass is 389 g/mol. The van der Waals surface area contributed by atoms with Crippen molar-refractivity contribution in [3.63, 3.8) is 0 Å². The molecule has 0 spiro atoms. The van der Waals surface area contributed by atoms with E-state index in [1.165, 1.54) is 18.2 Å². The van der Waals surface area contributed by atoms with Gasteiger partial charge in [0, 0.05) is 18.2 Å². The summed E-state index contributed by atoms with van der Waals surface area (Å²) in [5.41, 5.74) is 8.42. The third kappa shape index (κ3) is 5.77. The Morgan fingerprint density at radius 3 is 2.38 bits per heavy atom. The summed E-state index contributed by atoms with van der Waals surface area (Å²) in [6.07, 6.45) is 3.22. The van der Waals surface area contributed by atoms with Crippen LogP contribution in [0.15, 0.2) is 78.9 Å². The molecule has 0 saturated heterocycles. The average Bonchev–Trinajstić information content (AvgIpc) is 2.74. The molecule has 0 atom stereocenters. The number of nitrogens with two attached hydrogens (primary N) is 1. The molecule has 3 aromatic carbocycles. The van der Waals surface area contributed by atoms with Gasteiger partial charge >= 0.3 is 0 Å². The van der Waals surface area contributed by atoms with Gasteiger partial charge in [0.15, 0.2) is 0 Å². The van der Waals surface area contributed by atoms with E-state index in [0.29, 0.717) is 17.8 Å². The molecule has 0 aliphatic carbocycles. The Balaban J connectivity index is 1.53. The molecule has 3 rings (SSSR count). The Labute approximate surface area is 168 Å². The summed E-state index contributed by atoms with van der Waals surface area (Å²) in [5, 5.41) is 5.44. The van der Waals surface area contributed by atoms with Crippen LogP contribution in [0.5, 0.6) is 0 Å². The van der Waals surface area contributed by atoms with Crippen LogP contribution < -0.4 is 16.4 Å². The summed E-state index contributed by atoms with van der Waals surface area (Å²) in [5.74, 6) is -1.03. The summed E-state index contributed by atoms with van der Waals surface area (Å²) in [6.45, 7) is 0.338. The summed E-state index contributed by atoms with van der Waals surface area (Å²) in [6, 6.07) is 20.1. The minimum absolute atomic E-state index is 0.154. The van der Waals surface area contributed by atoms with Crippen molar-refractivity contribution in [2.45, 2.75) is 6.54 Å². The fourth-order valence-electron chi connectivity index (χ4n) is 2.60. The largest absolute Gasteiger partial charge is 0.397 e. The van der Waals surface area contributed by atoms with Gasteiger partial charge in [-0.2, -0.15) is 0 Å². The van der Waals surface area contributed by atoms with Crippen molar-refractivity contribution in [1.82, 2.24) is 5.32 Å². The predicted octanol–water partition coefficient (Wildman–Crippen LogP) is 3.99. The van der Waals surface area contributed by atoms with Crippen molar-refractivity contribution in [3.8, 4) is 0 Å². The van der Waals surface area contributed by atoms with Gasteiger partial charge in [-0.1, -0.05) is 42.5 Å². The lowest BCUT2D eigenvalue weighted by Gasteiger charge is -2.09. The third-order valence-corrected chi connectivity index (χ3v) is 4.17. The lowest BCUT2D eigenvalue weighted by molar-refractivity contribution is -0.116. The molecule has 0 fully saturated rings. The molecule has 2 amide bonds. The average molecular weight is 389 g/mol. The fraction of sp³-hybridized carbons (Fsp3) is 0.0435. The van der Waals surface area contributed by atoms with Crippen LogP contribution in [0.2, 0.25) is 0 Å². The molecular weight excluding hydrogens is 369 g/mol. The normalized spacial score (nSPS) is 10.7. The molecule has 0 heterocycles. The first-order valence-electron chi connectivity index (χ1n) is 8.97. The van der Waals surface area contributed by atoms with E-state index in [1.807, 2.05) is 30.3 Å². The van der Waals surface area contributed by atoms with Crippen LogP contribution >= 0.6 is 0 Å². The number of benzene rings is 3. The van der Waals surface area contributed by atoms with Crippen molar-refractivity contribution < 1.29 is 14.0 Å². The predicted molar refractivity (Wildman–Crippen MR) is 113 cm³/mol. The van der Waals surface area contributed by atoms with Crippen molar-refractivity contribution in [3.05, 3.63) is 101 Å². The maximum Gasteiger partial charge on any atom is 0.255 e. The van der Waals surface area contributed by atoms with Gasteiger partial charge in [-0.05, 0) is 47.5 Å². The number of hydrogen-bond donors (Lipinski definition) is 3. The van der Waals surface area contributed by atoms with Crippen molar-refractivity contribution >= 4 is 29.3 Å². The molecule has 3 aromatic rings. The zero-order valence-corrected chi connectivity index (χ0v) is 15.6. The number of nitrogens with one attached hydrogen (secondary N) is 2. The summed E-state index contributed by atoms with van der Waals surface area (Å²) in [4.78, 5) is 24.2. The second kappa shape index (κ2) is 9.32. The Kier molecular flexibility index (Phi) is 6.37. The summed E-state index contributed by atoms with van der Waals surface area (Å²) < 4.78 is 13.1.